The van der Waals surface area contributed by atoms with E-state index in [4.69, 9.17) is 9.47 Å². The summed E-state index contributed by atoms with van der Waals surface area (Å²) in [5, 5.41) is 0. The molecule has 0 N–H and O–H groups in total. The number of carbonyl (C=O) groups excluding carboxylic acids is 1. The number of nitrogens with zero attached hydrogens (tertiary/aromatic N) is 3. The van der Waals surface area contributed by atoms with E-state index >= 15 is 0 Å². The average Bonchev–Trinajstić information content (AvgIpc) is 2.75. The van der Waals surface area contributed by atoms with Gasteiger partial charge in [-0.15, -0.1) is 0 Å². The van der Waals surface area contributed by atoms with Crippen LogP contribution in [0.15, 0.2) is 12.5 Å². The second-order valence-corrected chi connectivity index (χ2v) is 4.08. The lowest BCUT2D eigenvalue weighted by molar-refractivity contribution is -0.153. The summed E-state index contributed by atoms with van der Waals surface area (Å²) in [6.07, 6.45) is 3.56. The van der Waals surface area contributed by atoms with Gasteiger partial charge in [-0.1, -0.05) is 0 Å². The van der Waals surface area contributed by atoms with Gasteiger partial charge in [0.1, 0.15) is 6.04 Å². The van der Waals surface area contributed by atoms with Gasteiger partial charge in [0.25, 0.3) is 0 Å². The Morgan fingerprint density at radius 1 is 1.71 bits per heavy atom. The van der Waals surface area contributed by atoms with Crippen LogP contribution in [0, 0.1) is 0 Å². The van der Waals surface area contributed by atoms with Gasteiger partial charge in [0.05, 0.1) is 32.3 Å². The average molecular weight is 239 g/mol. The van der Waals surface area contributed by atoms with Crippen molar-refractivity contribution in [2.45, 2.75) is 12.6 Å². The van der Waals surface area contributed by atoms with Crippen LogP contribution in [-0.2, 0) is 27.9 Å². The summed E-state index contributed by atoms with van der Waals surface area (Å²) in [7, 11) is 3.34. The number of aryl methyl sites for hydroxylation is 1. The fourth-order valence-corrected chi connectivity index (χ4v) is 1.93. The van der Waals surface area contributed by atoms with Crippen molar-refractivity contribution in [1.29, 1.82) is 0 Å². The van der Waals surface area contributed by atoms with Crippen molar-refractivity contribution in [2.24, 2.45) is 7.05 Å². The predicted molar refractivity (Wildman–Crippen MR) is 60.2 cm³/mol. The highest BCUT2D eigenvalue weighted by molar-refractivity contribution is 5.75. The number of hydrogen-bond acceptors (Lipinski definition) is 5. The number of hydrogen-bond donors (Lipinski definition) is 0. The largest absolute Gasteiger partial charge is 0.468 e. The standard InChI is InChI=1S/C11H17N3O3/c1-13-8-12-5-9(13)6-14-3-4-17-7-10(14)11(15)16-2/h5,8,10H,3-4,6-7H2,1-2H3. The summed E-state index contributed by atoms with van der Waals surface area (Å²) in [4.78, 5) is 17.8. The maximum absolute atomic E-state index is 11.6. The molecule has 0 spiro atoms. The fourth-order valence-electron chi connectivity index (χ4n) is 1.93. The van der Waals surface area contributed by atoms with Crippen LogP contribution in [0.4, 0.5) is 0 Å². The van der Waals surface area contributed by atoms with Crippen LogP contribution in [0.1, 0.15) is 5.69 Å². The number of esters is 1. The highest BCUT2D eigenvalue weighted by Crippen LogP contribution is 2.12. The fraction of sp³-hybridized carbons (Fsp3) is 0.636. The van der Waals surface area contributed by atoms with Crippen LogP contribution in [0.3, 0.4) is 0 Å². The molecular weight excluding hydrogens is 222 g/mol. The van der Waals surface area contributed by atoms with Gasteiger partial charge in [0.2, 0.25) is 0 Å². The molecule has 0 radical (unpaired) electrons. The minimum absolute atomic E-state index is 0.244. The molecule has 6 heteroatoms. The second kappa shape index (κ2) is 5.29. The van der Waals surface area contributed by atoms with Crippen molar-refractivity contribution in [3.8, 4) is 0 Å². The zero-order valence-electron chi connectivity index (χ0n) is 10.1. The monoisotopic (exact) mass is 239 g/mol. The lowest BCUT2D eigenvalue weighted by Crippen LogP contribution is -2.50. The first-order valence-corrected chi connectivity index (χ1v) is 5.57. The van der Waals surface area contributed by atoms with Gasteiger partial charge in [-0.3, -0.25) is 9.69 Å². The van der Waals surface area contributed by atoms with E-state index in [1.165, 1.54) is 7.11 Å². The molecule has 1 saturated heterocycles. The minimum Gasteiger partial charge on any atom is -0.468 e. The topological polar surface area (TPSA) is 56.6 Å². The van der Waals surface area contributed by atoms with E-state index < -0.39 is 0 Å². The van der Waals surface area contributed by atoms with E-state index in [9.17, 15) is 4.79 Å². The third-order valence-corrected chi connectivity index (χ3v) is 2.99. The molecule has 2 rings (SSSR count). The van der Waals surface area contributed by atoms with Gasteiger partial charge in [-0.25, -0.2) is 4.98 Å². The molecule has 2 heterocycles. The van der Waals surface area contributed by atoms with Crippen LogP contribution in [-0.4, -0.2) is 53.3 Å². The molecule has 0 aromatic carbocycles. The van der Waals surface area contributed by atoms with Crippen LogP contribution in [0.2, 0.25) is 0 Å². The van der Waals surface area contributed by atoms with Crippen molar-refractivity contribution in [3.63, 3.8) is 0 Å². The SMILES string of the molecule is COC(=O)C1COCCN1Cc1cncn1C. The van der Waals surface area contributed by atoms with Crippen molar-refractivity contribution < 1.29 is 14.3 Å². The quantitative estimate of drug-likeness (QED) is 0.683. The Morgan fingerprint density at radius 3 is 3.18 bits per heavy atom. The number of carbonyl (C=O) groups is 1. The van der Waals surface area contributed by atoms with Gasteiger partial charge in [0.15, 0.2) is 0 Å². The Hall–Kier alpha value is -1.40. The molecule has 6 nitrogen and oxygen atoms in total. The maximum atomic E-state index is 11.6. The van der Waals surface area contributed by atoms with E-state index in [0.29, 0.717) is 19.8 Å². The van der Waals surface area contributed by atoms with Crippen LogP contribution in [0.25, 0.3) is 0 Å². The first-order valence-electron chi connectivity index (χ1n) is 5.57. The Balaban J connectivity index is 2.06. The van der Waals surface area contributed by atoms with Crippen LogP contribution >= 0.6 is 0 Å². The van der Waals surface area contributed by atoms with Gasteiger partial charge < -0.3 is 14.0 Å². The predicted octanol–water partition coefficient (Wildman–Crippen LogP) is -0.206. The highest BCUT2D eigenvalue weighted by Gasteiger charge is 2.30. The normalized spacial score (nSPS) is 21.4. The van der Waals surface area contributed by atoms with Crippen molar-refractivity contribution >= 4 is 5.97 Å². The summed E-state index contributed by atoms with van der Waals surface area (Å²) in [6.45, 7) is 2.44. The molecule has 1 aromatic rings. The molecule has 1 unspecified atom stereocenters. The van der Waals surface area contributed by atoms with Crippen molar-refractivity contribution in [2.75, 3.05) is 26.9 Å². The third-order valence-electron chi connectivity index (χ3n) is 2.99. The summed E-state index contributed by atoms with van der Waals surface area (Å²) >= 11 is 0. The third kappa shape index (κ3) is 2.65. The van der Waals surface area contributed by atoms with Crippen LogP contribution < -0.4 is 0 Å². The number of rotatable bonds is 3. The molecule has 1 atom stereocenters. The maximum Gasteiger partial charge on any atom is 0.325 e. The summed E-state index contributed by atoms with van der Waals surface area (Å²) in [6, 6.07) is -0.316. The van der Waals surface area contributed by atoms with Crippen molar-refractivity contribution in [1.82, 2.24) is 14.5 Å². The smallest absolute Gasteiger partial charge is 0.325 e. The molecule has 0 aliphatic carbocycles. The van der Waals surface area contributed by atoms with Crippen molar-refractivity contribution in [3.05, 3.63) is 18.2 Å². The van der Waals surface area contributed by atoms with Gasteiger partial charge in [-0.05, 0) is 0 Å². The number of morpholine rings is 1. The second-order valence-electron chi connectivity index (χ2n) is 4.08. The van der Waals surface area contributed by atoms with E-state index in [2.05, 4.69) is 9.88 Å². The molecular formula is C11H17N3O3. The summed E-state index contributed by atoms with van der Waals surface area (Å²) in [5.74, 6) is -0.244. The Morgan fingerprint density at radius 2 is 2.53 bits per heavy atom. The van der Waals surface area contributed by atoms with Gasteiger partial charge in [-0.2, -0.15) is 0 Å². The van der Waals surface area contributed by atoms with Crippen LogP contribution in [0.5, 0.6) is 0 Å². The number of ether oxygens (including phenoxy) is 2. The molecule has 0 saturated carbocycles. The summed E-state index contributed by atoms with van der Waals surface area (Å²) < 4.78 is 12.1. The number of aromatic nitrogens is 2. The molecule has 1 aliphatic heterocycles. The van der Waals surface area contributed by atoms with E-state index in [1.807, 2.05) is 17.8 Å². The molecule has 94 valence electrons. The van der Waals surface area contributed by atoms with E-state index in [0.717, 1.165) is 12.2 Å². The zero-order chi connectivity index (χ0) is 12.3. The molecule has 1 aromatic heterocycles. The first kappa shape index (κ1) is 12.1. The summed E-state index contributed by atoms with van der Waals surface area (Å²) in [5.41, 5.74) is 1.07. The van der Waals surface area contributed by atoms with E-state index in [-0.39, 0.29) is 12.0 Å². The zero-order valence-corrected chi connectivity index (χ0v) is 10.1. The lowest BCUT2D eigenvalue weighted by atomic mass is 10.2. The Bertz CT molecular complexity index is 391. The van der Waals surface area contributed by atoms with Gasteiger partial charge >= 0.3 is 5.97 Å². The molecule has 0 amide bonds. The molecule has 1 fully saturated rings. The number of methoxy groups -OCH3 is 1. The van der Waals surface area contributed by atoms with Gasteiger partial charge in [0, 0.05) is 26.3 Å². The number of imidazole rings is 1. The Labute approximate surface area is 100 Å². The highest BCUT2D eigenvalue weighted by atomic mass is 16.5. The molecule has 17 heavy (non-hydrogen) atoms. The Kier molecular flexibility index (Phi) is 3.75. The molecule has 1 aliphatic rings. The first-order chi connectivity index (χ1) is 8.22. The lowest BCUT2D eigenvalue weighted by Gasteiger charge is -2.33. The van der Waals surface area contributed by atoms with E-state index in [1.54, 1.807) is 6.33 Å². The molecule has 0 bridgehead atoms. The minimum atomic E-state index is -0.316.